The number of benzene rings is 1. The van der Waals surface area contributed by atoms with E-state index in [-0.39, 0.29) is 16.0 Å². The molecule has 0 saturated carbocycles. The van der Waals surface area contributed by atoms with Gasteiger partial charge in [-0.1, -0.05) is 32.9 Å². The molecule has 1 aromatic carbocycles. The van der Waals surface area contributed by atoms with Crippen LogP contribution in [0.4, 0.5) is 5.69 Å². The predicted octanol–water partition coefficient (Wildman–Crippen LogP) is 3.29. The lowest BCUT2D eigenvalue weighted by molar-refractivity contribution is -0.384. The first-order valence-corrected chi connectivity index (χ1v) is 6.08. The van der Waals surface area contributed by atoms with Crippen molar-refractivity contribution in [1.82, 2.24) is 9.78 Å². The summed E-state index contributed by atoms with van der Waals surface area (Å²) in [4.78, 5) is 10.8. The van der Waals surface area contributed by atoms with Crippen LogP contribution in [-0.4, -0.2) is 14.7 Å². The molecule has 0 bridgehead atoms. The number of nitrogens with zero attached hydrogens (tertiary/aromatic N) is 3. The zero-order chi connectivity index (χ0) is 14.2. The Balaban J connectivity index is 2.73. The van der Waals surface area contributed by atoms with Crippen LogP contribution < -0.4 is 0 Å². The smallest absolute Gasteiger partial charge is 0.267 e. The van der Waals surface area contributed by atoms with Crippen molar-refractivity contribution < 1.29 is 4.92 Å². The molecule has 1 heterocycles. The van der Waals surface area contributed by atoms with Crippen LogP contribution in [0.2, 0.25) is 0 Å². The van der Waals surface area contributed by atoms with Gasteiger partial charge in [-0.2, -0.15) is 5.10 Å². The Bertz CT molecular complexity index is 624. The van der Waals surface area contributed by atoms with Gasteiger partial charge < -0.3 is 0 Å². The van der Waals surface area contributed by atoms with Crippen LogP contribution in [0, 0.1) is 10.1 Å². The molecule has 5 heteroatoms. The molecule has 0 radical (unpaired) electrons. The number of aromatic nitrogens is 2. The van der Waals surface area contributed by atoms with Gasteiger partial charge in [-0.05, 0) is 11.5 Å². The van der Waals surface area contributed by atoms with Gasteiger partial charge in [0.1, 0.15) is 0 Å². The second-order valence-corrected chi connectivity index (χ2v) is 5.55. The van der Waals surface area contributed by atoms with Crippen LogP contribution in [-0.2, 0) is 12.5 Å². The molecule has 0 amide bonds. The molecule has 2 aromatic rings. The highest BCUT2D eigenvalue weighted by atomic mass is 16.6. The van der Waals surface area contributed by atoms with E-state index in [9.17, 15) is 10.1 Å². The SMILES string of the molecule is Cn1ncc(C(C)(C)C)c1-c1ccccc1[N+](=O)[O-]. The Labute approximate surface area is 112 Å². The molecule has 0 aliphatic heterocycles. The summed E-state index contributed by atoms with van der Waals surface area (Å²) in [5.41, 5.74) is 2.41. The fourth-order valence-corrected chi connectivity index (χ4v) is 2.14. The average molecular weight is 259 g/mol. The first-order valence-electron chi connectivity index (χ1n) is 6.08. The molecule has 19 heavy (non-hydrogen) atoms. The van der Waals surface area contributed by atoms with Gasteiger partial charge in [-0.25, -0.2) is 0 Å². The number of aryl methyl sites for hydroxylation is 1. The maximum atomic E-state index is 11.2. The molecular weight excluding hydrogens is 242 g/mol. The summed E-state index contributed by atoms with van der Waals surface area (Å²) in [6.45, 7) is 6.22. The normalized spacial score (nSPS) is 11.6. The Kier molecular flexibility index (Phi) is 3.14. The zero-order valence-corrected chi connectivity index (χ0v) is 11.5. The third-order valence-corrected chi connectivity index (χ3v) is 3.10. The molecule has 2 rings (SSSR count). The number of hydrogen-bond acceptors (Lipinski definition) is 3. The fourth-order valence-electron chi connectivity index (χ4n) is 2.14. The molecule has 0 aliphatic rings. The third-order valence-electron chi connectivity index (χ3n) is 3.10. The standard InChI is InChI=1S/C14H17N3O2/c1-14(2,3)11-9-15-16(4)13(11)10-7-5-6-8-12(10)17(18)19/h5-9H,1-4H3. The molecule has 0 fully saturated rings. The quantitative estimate of drug-likeness (QED) is 0.614. The van der Waals surface area contributed by atoms with Gasteiger partial charge in [0.15, 0.2) is 0 Å². The van der Waals surface area contributed by atoms with E-state index in [0.29, 0.717) is 5.56 Å². The van der Waals surface area contributed by atoms with Crippen LogP contribution in [0.1, 0.15) is 26.3 Å². The number of nitro benzene ring substituents is 1. The van der Waals surface area contributed by atoms with Crippen molar-refractivity contribution >= 4 is 5.69 Å². The topological polar surface area (TPSA) is 61.0 Å². The second-order valence-electron chi connectivity index (χ2n) is 5.55. The molecule has 1 aromatic heterocycles. The Morgan fingerprint density at radius 2 is 1.89 bits per heavy atom. The lowest BCUT2D eigenvalue weighted by atomic mass is 9.85. The van der Waals surface area contributed by atoms with Crippen LogP contribution in [0.5, 0.6) is 0 Å². The molecular formula is C14H17N3O2. The van der Waals surface area contributed by atoms with Gasteiger partial charge in [-0.3, -0.25) is 14.8 Å². The van der Waals surface area contributed by atoms with Crippen molar-refractivity contribution in [2.45, 2.75) is 26.2 Å². The summed E-state index contributed by atoms with van der Waals surface area (Å²) in [6, 6.07) is 6.77. The molecule has 0 N–H and O–H groups in total. The summed E-state index contributed by atoms with van der Waals surface area (Å²) in [6.07, 6.45) is 1.78. The minimum Gasteiger partial charge on any atom is -0.267 e. The first kappa shape index (κ1) is 13.3. The van der Waals surface area contributed by atoms with Crippen molar-refractivity contribution in [2.24, 2.45) is 7.05 Å². The summed E-state index contributed by atoms with van der Waals surface area (Å²) >= 11 is 0. The molecule has 0 unspecified atom stereocenters. The van der Waals surface area contributed by atoms with E-state index in [1.807, 2.05) is 6.07 Å². The molecule has 5 nitrogen and oxygen atoms in total. The summed E-state index contributed by atoms with van der Waals surface area (Å²) < 4.78 is 1.70. The van der Waals surface area contributed by atoms with Crippen molar-refractivity contribution in [2.75, 3.05) is 0 Å². The van der Waals surface area contributed by atoms with Crippen molar-refractivity contribution in [3.05, 3.63) is 46.1 Å². The Hall–Kier alpha value is -2.17. The van der Waals surface area contributed by atoms with E-state index in [0.717, 1.165) is 11.3 Å². The maximum absolute atomic E-state index is 11.2. The summed E-state index contributed by atoms with van der Waals surface area (Å²) in [7, 11) is 1.81. The monoisotopic (exact) mass is 259 g/mol. The van der Waals surface area contributed by atoms with Crippen molar-refractivity contribution in [3.8, 4) is 11.3 Å². The van der Waals surface area contributed by atoms with Gasteiger partial charge >= 0.3 is 0 Å². The predicted molar refractivity (Wildman–Crippen MR) is 74.0 cm³/mol. The highest BCUT2D eigenvalue weighted by Gasteiger charge is 2.26. The largest absolute Gasteiger partial charge is 0.278 e. The van der Waals surface area contributed by atoms with Crippen LogP contribution >= 0.6 is 0 Å². The summed E-state index contributed by atoms with van der Waals surface area (Å²) in [5, 5.41) is 15.4. The molecule has 100 valence electrons. The number of hydrogen-bond donors (Lipinski definition) is 0. The molecule has 0 saturated heterocycles. The molecule has 0 spiro atoms. The number of nitro groups is 1. The van der Waals surface area contributed by atoms with Crippen molar-refractivity contribution in [1.29, 1.82) is 0 Å². The fraction of sp³-hybridized carbons (Fsp3) is 0.357. The van der Waals surface area contributed by atoms with E-state index in [2.05, 4.69) is 25.9 Å². The first-order chi connectivity index (χ1) is 8.82. The van der Waals surface area contributed by atoms with E-state index in [1.54, 1.807) is 30.1 Å². The van der Waals surface area contributed by atoms with Crippen LogP contribution in [0.15, 0.2) is 30.5 Å². The van der Waals surface area contributed by atoms with E-state index in [4.69, 9.17) is 0 Å². The van der Waals surface area contributed by atoms with Gasteiger partial charge in [0, 0.05) is 18.7 Å². The van der Waals surface area contributed by atoms with Gasteiger partial charge in [0.25, 0.3) is 5.69 Å². The lowest BCUT2D eigenvalue weighted by Crippen LogP contribution is -2.12. The molecule has 0 aliphatic carbocycles. The van der Waals surface area contributed by atoms with Crippen LogP contribution in [0.3, 0.4) is 0 Å². The third kappa shape index (κ3) is 2.36. The Morgan fingerprint density at radius 3 is 2.47 bits per heavy atom. The van der Waals surface area contributed by atoms with E-state index in [1.165, 1.54) is 6.07 Å². The minimum atomic E-state index is -0.352. The second kappa shape index (κ2) is 4.50. The lowest BCUT2D eigenvalue weighted by Gasteiger charge is -2.19. The molecule has 0 atom stereocenters. The highest BCUT2D eigenvalue weighted by Crippen LogP contribution is 2.36. The van der Waals surface area contributed by atoms with Gasteiger partial charge in [-0.15, -0.1) is 0 Å². The zero-order valence-electron chi connectivity index (χ0n) is 11.5. The number of rotatable bonds is 2. The van der Waals surface area contributed by atoms with Gasteiger partial charge in [0.05, 0.1) is 22.4 Å². The van der Waals surface area contributed by atoms with Crippen molar-refractivity contribution in [3.63, 3.8) is 0 Å². The minimum absolute atomic E-state index is 0.108. The highest BCUT2D eigenvalue weighted by molar-refractivity contribution is 5.74. The maximum Gasteiger partial charge on any atom is 0.278 e. The Morgan fingerprint density at radius 1 is 1.26 bits per heavy atom. The van der Waals surface area contributed by atoms with E-state index < -0.39 is 0 Å². The summed E-state index contributed by atoms with van der Waals surface area (Å²) in [5.74, 6) is 0. The number of para-hydroxylation sites is 1. The average Bonchev–Trinajstić information content (AvgIpc) is 2.70. The van der Waals surface area contributed by atoms with Crippen LogP contribution in [0.25, 0.3) is 11.3 Å². The van der Waals surface area contributed by atoms with E-state index >= 15 is 0 Å². The van der Waals surface area contributed by atoms with Gasteiger partial charge in [0.2, 0.25) is 0 Å².